The van der Waals surface area contributed by atoms with E-state index in [1.807, 2.05) is 55.5 Å². The van der Waals surface area contributed by atoms with Gasteiger partial charge in [-0.2, -0.15) is 9.50 Å². The second kappa shape index (κ2) is 5.77. The minimum atomic E-state index is 0.587. The Morgan fingerprint density at radius 2 is 1.62 bits per heavy atom. The van der Waals surface area contributed by atoms with Gasteiger partial charge in [0.1, 0.15) is 5.82 Å². The van der Waals surface area contributed by atoms with Crippen LogP contribution >= 0.6 is 0 Å². The Morgan fingerprint density at radius 1 is 0.875 bits per heavy atom. The zero-order chi connectivity index (χ0) is 16.5. The molecule has 0 aliphatic rings. The van der Waals surface area contributed by atoms with Crippen LogP contribution < -0.4 is 5.32 Å². The maximum absolute atomic E-state index is 4.62. The summed E-state index contributed by atoms with van der Waals surface area (Å²) < 4.78 is 1.75. The number of aryl methyl sites for hydroxylation is 2. The molecule has 5 heteroatoms. The van der Waals surface area contributed by atoms with Crippen LogP contribution in [0.25, 0.3) is 17.2 Å². The summed E-state index contributed by atoms with van der Waals surface area (Å²) >= 11 is 0. The van der Waals surface area contributed by atoms with Gasteiger partial charge in [-0.05, 0) is 26.0 Å². The molecular formula is C19H17N5. The van der Waals surface area contributed by atoms with Crippen molar-refractivity contribution in [1.82, 2.24) is 19.6 Å². The molecule has 5 nitrogen and oxygen atoms in total. The molecule has 0 saturated carbocycles. The van der Waals surface area contributed by atoms with Gasteiger partial charge in [0.2, 0.25) is 0 Å². The van der Waals surface area contributed by atoms with Crippen LogP contribution in [0.2, 0.25) is 0 Å². The summed E-state index contributed by atoms with van der Waals surface area (Å²) in [4.78, 5) is 9.05. The molecule has 0 unspecified atom stereocenters. The number of benzene rings is 2. The van der Waals surface area contributed by atoms with Crippen LogP contribution in [0.3, 0.4) is 0 Å². The van der Waals surface area contributed by atoms with E-state index in [2.05, 4.69) is 39.4 Å². The molecule has 24 heavy (non-hydrogen) atoms. The third kappa shape index (κ3) is 2.72. The van der Waals surface area contributed by atoms with Crippen LogP contribution in [0, 0.1) is 13.8 Å². The Morgan fingerprint density at radius 3 is 2.38 bits per heavy atom. The second-order valence-corrected chi connectivity index (χ2v) is 5.79. The second-order valence-electron chi connectivity index (χ2n) is 5.79. The van der Waals surface area contributed by atoms with Gasteiger partial charge in [0, 0.05) is 23.0 Å². The summed E-state index contributed by atoms with van der Waals surface area (Å²) in [6, 6.07) is 20.1. The number of hydrogen-bond acceptors (Lipinski definition) is 4. The molecule has 2 aromatic carbocycles. The number of rotatable bonds is 3. The quantitative estimate of drug-likeness (QED) is 0.617. The molecule has 0 amide bonds. The minimum Gasteiger partial charge on any atom is -0.340 e. The van der Waals surface area contributed by atoms with Crippen LogP contribution in [0.5, 0.6) is 0 Å². The number of anilines is 2. The van der Waals surface area contributed by atoms with Gasteiger partial charge in [0.05, 0.1) is 0 Å². The molecule has 0 radical (unpaired) electrons. The van der Waals surface area contributed by atoms with Crippen molar-refractivity contribution in [2.45, 2.75) is 13.8 Å². The average molecular weight is 315 g/mol. The minimum absolute atomic E-state index is 0.587. The smallest absolute Gasteiger partial charge is 0.254 e. The highest BCUT2D eigenvalue weighted by Crippen LogP contribution is 2.21. The number of hydrogen-bond donors (Lipinski definition) is 1. The summed E-state index contributed by atoms with van der Waals surface area (Å²) in [6.45, 7) is 4.03. The van der Waals surface area contributed by atoms with Crippen molar-refractivity contribution in [3.8, 4) is 11.4 Å². The van der Waals surface area contributed by atoms with E-state index in [4.69, 9.17) is 0 Å². The molecule has 0 fully saturated rings. The first-order chi connectivity index (χ1) is 11.7. The lowest BCUT2D eigenvalue weighted by Crippen LogP contribution is -2.02. The zero-order valence-corrected chi connectivity index (χ0v) is 13.6. The average Bonchev–Trinajstić information content (AvgIpc) is 3.02. The summed E-state index contributed by atoms with van der Waals surface area (Å²) in [5.74, 6) is 2.10. The lowest BCUT2D eigenvalue weighted by molar-refractivity contribution is 0.940. The molecule has 0 atom stereocenters. The van der Waals surface area contributed by atoms with Gasteiger partial charge in [-0.25, -0.2) is 4.98 Å². The van der Waals surface area contributed by atoms with E-state index in [1.54, 1.807) is 4.52 Å². The Hall–Kier alpha value is -3.21. The number of nitrogens with zero attached hydrogens (tertiary/aromatic N) is 4. The molecule has 1 N–H and O–H groups in total. The van der Waals surface area contributed by atoms with Crippen molar-refractivity contribution in [1.29, 1.82) is 0 Å². The highest BCUT2D eigenvalue weighted by molar-refractivity contribution is 5.62. The van der Waals surface area contributed by atoms with Crippen molar-refractivity contribution >= 4 is 17.3 Å². The summed E-state index contributed by atoms with van der Waals surface area (Å²) in [5, 5.41) is 8.02. The van der Waals surface area contributed by atoms with Crippen LogP contribution in [0.4, 0.5) is 11.5 Å². The highest BCUT2D eigenvalue weighted by Gasteiger charge is 2.11. The van der Waals surface area contributed by atoms with Gasteiger partial charge in [0.25, 0.3) is 5.78 Å². The predicted octanol–water partition coefficient (Wildman–Crippen LogP) is 4.15. The molecule has 0 aliphatic heterocycles. The van der Waals surface area contributed by atoms with Gasteiger partial charge >= 0.3 is 0 Å². The molecule has 0 bridgehead atoms. The van der Waals surface area contributed by atoms with Gasteiger partial charge in [-0.1, -0.05) is 48.0 Å². The number of nitrogens with one attached hydrogen (secondary N) is 1. The molecule has 2 aromatic heterocycles. The third-order valence-electron chi connectivity index (χ3n) is 3.80. The Balaban J connectivity index is 1.80. The highest BCUT2D eigenvalue weighted by atomic mass is 15.4. The van der Waals surface area contributed by atoms with Crippen LogP contribution in [0.1, 0.15) is 11.3 Å². The molecule has 2 heterocycles. The standard InChI is InChI=1S/C19H17N5/c1-13-8-10-16(11-9-13)21-17-12-14(2)20-19-22-18(23-24(17)19)15-6-4-3-5-7-15/h3-12,21H,1-2H3. The number of aromatic nitrogens is 4. The van der Waals surface area contributed by atoms with E-state index >= 15 is 0 Å². The van der Waals surface area contributed by atoms with Crippen LogP contribution in [0.15, 0.2) is 60.7 Å². The van der Waals surface area contributed by atoms with Gasteiger partial charge < -0.3 is 5.32 Å². The normalized spacial score (nSPS) is 10.9. The maximum Gasteiger partial charge on any atom is 0.254 e. The Kier molecular flexibility index (Phi) is 3.46. The monoisotopic (exact) mass is 315 g/mol. The summed E-state index contributed by atoms with van der Waals surface area (Å²) in [7, 11) is 0. The summed E-state index contributed by atoms with van der Waals surface area (Å²) in [5.41, 5.74) is 4.10. The van der Waals surface area contributed by atoms with Crippen molar-refractivity contribution in [3.05, 3.63) is 71.9 Å². The van der Waals surface area contributed by atoms with Crippen LogP contribution in [-0.2, 0) is 0 Å². The van der Waals surface area contributed by atoms with E-state index in [1.165, 1.54) is 5.56 Å². The molecular weight excluding hydrogens is 298 g/mol. The van der Waals surface area contributed by atoms with Gasteiger partial charge in [-0.15, -0.1) is 5.10 Å². The number of fused-ring (bicyclic) bond motifs is 1. The first-order valence-corrected chi connectivity index (χ1v) is 7.82. The Labute approximate surface area is 140 Å². The molecule has 118 valence electrons. The van der Waals surface area contributed by atoms with Crippen molar-refractivity contribution in [2.75, 3.05) is 5.32 Å². The molecule has 0 saturated heterocycles. The van der Waals surface area contributed by atoms with Crippen molar-refractivity contribution < 1.29 is 0 Å². The molecule has 4 aromatic rings. The van der Waals surface area contributed by atoms with E-state index in [0.717, 1.165) is 22.8 Å². The fraction of sp³-hybridized carbons (Fsp3) is 0.105. The van der Waals surface area contributed by atoms with Crippen molar-refractivity contribution in [3.63, 3.8) is 0 Å². The Bertz CT molecular complexity index is 988. The fourth-order valence-electron chi connectivity index (χ4n) is 2.57. The van der Waals surface area contributed by atoms with Crippen LogP contribution in [-0.4, -0.2) is 19.6 Å². The maximum atomic E-state index is 4.62. The first kappa shape index (κ1) is 14.4. The van der Waals surface area contributed by atoms with E-state index in [-0.39, 0.29) is 0 Å². The largest absolute Gasteiger partial charge is 0.340 e. The van der Waals surface area contributed by atoms with E-state index in [9.17, 15) is 0 Å². The first-order valence-electron chi connectivity index (χ1n) is 7.82. The zero-order valence-electron chi connectivity index (χ0n) is 13.6. The molecule has 4 rings (SSSR count). The predicted molar refractivity (Wildman–Crippen MR) is 95.4 cm³/mol. The lowest BCUT2D eigenvalue weighted by Gasteiger charge is -2.08. The summed E-state index contributed by atoms with van der Waals surface area (Å²) in [6.07, 6.45) is 0. The topological polar surface area (TPSA) is 55.1 Å². The SMILES string of the molecule is Cc1ccc(Nc2cc(C)nc3nc(-c4ccccc4)nn23)cc1. The van der Waals surface area contributed by atoms with Gasteiger partial charge in [0.15, 0.2) is 5.82 Å². The third-order valence-corrected chi connectivity index (χ3v) is 3.80. The molecule has 0 aliphatic carbocycles. The lowest BCUT2D eigenvalue weighted by atomic mass is 10.2. The fourth-order valence-corrected chi connectivity index (χ4v) is 2.57. The van der Waals surface area contributed by atoms with E-state index in [0.29, 0.717) is 11.6 Å². The van der Waals surface area contributed by atoms with Crippen molar-refractivity contribution in [2.24, 2.45) is 0 Å². The molecule has 0 spiro atoms. The van der Waals surface area contributed by atoms with Gasteiger partial charge in [-0.3, -0.25) is 0 Å². The van der Waals surface area contributed by atoms with E-state index < -0.39 is 0 Å².